The standard InChI is InChI=1S/C16H27N3O/c1-4-13(3)18-16(20)12-19(5-2)11-15-9-7-6-8-14(15)10-17/h6-9,13H,4-5,10-12,17H2,1-3H3,(H,18,20). The van der Waals surface area contributed by atoms with E-state index in [1.165, 1.54) is 5.56 Å². The fourth-order valence-corrected chi connectivity index (χ4v) is 2.06. The Kier molecular flexibility index (Phi) is 7.26. The van der Waals surface area contributed by atoms with E-state index in [4.69, 9.17) is 5.73 Å². The van der Waals surface area contributed by atoms with E-state index in [0.29, 0.717) is 13.1 Å². The molecule has 0 saturated heterocycles. The lowest BCUT2D eigenvalue weighted by Gasteiger charge is -2.22. The summed E-state index contributed by atoms with van der Waals surface area (Å²) >= 11 is 0. The third kappa shape index (κ3) is 5.31. The molecule has 0 aliphatic heterocycles. The summed E-state index contributed by atoms with van der Waals surface area (Å²) in [5.74, 6) is 0.0893. The first-order valence-corrected chi connectivity index (χ1v) is 7.39. The van der Waals surface area contributed by atoms with E-state index in [9.17, 15) is 4.79 Å². The number of carbonyl (C=O) groups excluding carboxylic acids is 1. The molecule has 0 bridgehead atoms. The maximum atomic E-state index is 11.9. The van der Waals surface area contributed by atoms with E-state index in [1.54, 1.807) is 0 Å². The number of nitrogens with zero attached hydrogens (tertiary/aromatic N) is 1. The number of nitrogens with one attached hydrogen (secondary N) is 1. The first kappa shape index (κ1) is 16.7. The fourth-order valence-electron chi connectivity index (χ4n) is 2.06. The van der Waals surface area contributed by atoms with Gasteiger partial charge in [0.05, 0.1) is 6.54 Å². The second-order valence-corrected chi connectivity index (χ2v) is 5.15. The molecular weight excluding hydrogens is 250 g/mol. The van der Waals surface area contributed by atoms with E-state index >= 15 is 0 Å². The second kappa shape index (κ2) is 8.72. The number of nitrogens with two attached hydrogens (primary N) is 1. The van der Waals surface area contributed by atoms with Gasteiger partial charge in [-0.3, -0.25) is 9.69 Å². The van der Waals surface area contributed by atoms with Gasteiger partial charge in [0.25, 0.3) is 0 Å². The van der Waals surface area contributed by atoms with Crippen LogP contribution in [0.3, 0.4) is 0 Å². The lowest BCUT2D eigenvalue weighted by atomic mass is 10.1. The van der Waals surface area contributed by atoms with Crippen LogP contribution in [0.4, 0.5) is 0 Å². The van der Waals surface area contributed by atoms with Gasteiger partial charge >= 0.3 is 0 Å². The van der Waals surface area contributed by atoms with Crippen molar-refractivity contribution in [1.82, 2.24) is 10.2 Å². The highest BCUT2D eigenvalue weighted by Gasteiger charge is 2.12. The monoisotopic (exact) mass is 277 g/mol. The Bertz CT molecular complexity index is 420. The van der Waals surface area contributed by atoms with E-state index in [2.05, 4.69) is 30.1 Å². The summed E-state index contributed by atoms with van der Waals surface area (Å²) in [6.45, 7) is 8.73. The highest BCUT2D eigenvalue weighted by atomic mass is 16.2. The Hall–Kier alpha value is -1.39. The topological polar surface area (TPSA) is 58.4 Å². The van der Waals surface area contributed by atoms with Gasteiger partial charge in [-0.15, -0.1) is 0 Å². The van der Waals surface area contributed by atoms with Crippen molar-refractivity contribution in [2.75, 3.05) is 13.1 Å². The molecule has 1 atom stereocenters. The van der Waals surface area contributed by atoms with Gasteiger partial charge in [-0.05, 0) is 31.0 Å². The van der Waals surface area contributed by atoms with Crippen LogP contribution in [0.1, 0.15) is 38.3 Å². The molecule has 1 rings (SSSR count). The first-order chi connectivity index (χ1) is 9.60. The van der Waals surface area contributed by atoms with Gasteiger partial charge in [-0.25, -0.2) is 0 Å². The summed E-state index contributed by atoms with van der Waals surface area (Å²) < 4.78 is 0. The van der Waals surface area contributed by atoms with Crippen molar-refractivity contribution in [3.8, 4) is 0 Å². The third-order valence-electron chi connectivity index (χ3n) is 3.57. The summed E-state index contributed by atoms with van der Waals surface area (Å²) in [5.41, 5.74) is 8.10. The second-order valence-electron chi connectivity index (χ2n) is 5.15. The molecule has 1 unspecified atom stereocenters. The predicted octanol–water partition coefficient (Wildman–Crippen LogP) is 1.88. The maximum Gasteiger partial charge on any atom is 0.234 e. The number of hydrogen-bond acceptors (Lipinski definition) is 3. The fraction of sp³-hybridized carbons (Fsp3) is 0.562. The molecular formula is C16H27N3O. The van der Waals surface area contributed by atoms with Gasteiger partial charge in [0.1, 0.15) is 0 Å². The molecule has 0 aliphatic rings. The quantitative estimate of drug-likeness (QED) is 0.763. The first-order valence-electron chi connectivity index (χ1n) is 7.39. The van der Waals surface area contributed by atoms with Gasteiger partial charge < -0.3 is 11.1 Å². The number of hydrogen-bond donors (Lipinski definition) is 2. The van der Waals surface area contributed by atoms with Crippen LogP contribution < -0.4 is 11.1 Å². The van der Waals surface area contributed by atoms with Crippen molar-refractivity contribution in [1.29, 1.82) is 0 Å². The molecule has 0 heterocycles. The van der Waals surface area contributed by atoms with Gasteiger partial charge in [0, 0.05) is 19.1 Å². The number of benzene rings is 1. The Morgan fingerprint density at radius 1 is 1.30 bits per heavy atom. The zero-order valence-corrected chi connectivity index (χ0v) is 12.9. The Labute approximate surface area is 122 Å². The zero-order valence-electron chi connectivity index (χ0n) is 12.9. The van der Waals surface area contributed by atoms with E-state index in [0.717, 1.165) is 25.1 Å². The van der Waals surface area contributed by atoms with Crippen LogP contribution in [0.15, 0.2) is 24.3 Å². The zero-order chi connectivity index (χ0) is 15.0. The third-order valence-corrected chi connectivity index (χ3v) is 3.57. The average Bonchev–Trinajstić information content (AvgIpc) is 2.46. The molecule has 0 aromatic heterocycles. The van der Waals surface area contributed by atoms with Crippen LogP contribution in [-0.4, -0.2) is 29.9 Å². The molecule has 3 N–H and O–H groups in total. The van der Waals surface area contributed by atoms with Gasteiger partial charge in [0.15, 0.2) is 0 Å². The van der Waals surface area contributed by atoms with Gasteiger partial charge in [-0.1, -0.05) is 38.1 Å². The van der Waals surface area contributed by atoms with Crippen molar-refractivity contribution < 1.29 is 4.79 Å². The molecule has 1 amide bonds. The van der Waals surface area contributed by atoms with Crippen LogP contribution in [0.25, 0.3) is 0 Å². The number of likely N-dealkylation sites (N-methyl/N-ethyl adjacent to an activating group) is 1. The Balaban J connectivity index is 2.61. The molecule has 0 fully saturated rings. The van der Waals surface area contributed by atoms with Crippen molar-refractivity contribution in [2.24, 2.45) is 5.73 Å². The van der Waals surface area contributed by atoms with Crippen molar-refractivity contribution in [2.45, 2.75) is 46.3 Å². The van der Waals surface area contributed by atoms with Crippen molar-refractivity contribution >= 4 is 5.91 Å². The van der Waals surface area contributed by atoms with E-state index < -0.39 is 0 Å². The van der Waals surface area contributed by atoms with E-state index in [1.807, 2.05) is 25.1 Å². The molecule has 0 aliphatic carbocycles. The minimum atomic E-state index is 0.0893. The molecule has 0 spiro atoms. The lowest BCUT2D eigenvalue weighted by molar-refractivity contribution is -0.122. The predicted molar refractivity (Wildman–Crippen MR) is 83.2 cm³/mol. The molecule has 1 aromatic rings. The van der Waals surface area contributed by atoms with Gasteiger partial charge in [0.2, 0.25) is 5.91 Å². The van der Waals surface area contributed by atoms with Crippen LogP contribution in [-0.2, 0) is 17.9 Å². The minimum Gasteiger partial charge on any atom is -0.353 e. The molecule has 1 aromatic carbocycles. The lowest BCUT2D eigenvalue weighted by Crippen LogP contribution is -2.40. The smallest absolute Gasteiger partial charge is 0.234 e. The van der Waals surface area contributed by atoms with Crippen LogP contribution in [0.5, 0.6) is 0 Å². The molecule has 20 heavy (non-hydrogen) atoms. The highest BCUT2D eigenvalue weighted by Crippen LogP contribution is 2.11. The molecule has 112 valence electrons. The summed E-state index contributed by atoms with van der Waals surface area (Å²) in [4.78, 5) is 14.1. The summed E-state index contributed by atoms with van der Waals surface area (Å²) in [7, 11) is 0. The number of rotatable bonds is 8. The summed E-state index contributed by atoms with van der Waals surface area (Å²) in [5, 5.41) is 3.00. The minimum absolute atomic E-state index is 0.0893. The van der Waals surface area contributed by atoms with Crippen LogP contribution >= 0.6 is 0 Å². The van der Waals surface area contributed by atoms with Crippen molar-refractivity contribution in [3.05, 3.63) is 35.4 Å². The highest BCUT2D eigenvalue weighted by molar-refractivity contribution is 5.78. The summed E-state index contributed by atoms with van der Waals surface area (Å²) in [6, 6.07) is 8.37. The Morgan fingerprint density at radius 2 is 1.95 bits per heavy atom. The average molecular weight is 277 g/mol. The normalized spacial score (nSPS) is 12.4. The molecule has 4 heteroatoms. The molecule has 0 saturated carbocycles. The van der Waals surface area contributed by atoms with Gasteiger partial charge in [-0.2, -0.15) is 0 Å². The van der Waals surface area contributed by atoms with Crippen LogP contribution in [0.2, 0.25) is 0 Å². The molecule has 4 nitrogen and oxygen atoms in total. The number of amides is 1. The SMILES string of the molecule is CCC(C)NC(=O)CN(CC)Cc1ccccc1CN. The molecule has 0 radical (unpaired) electrons. The maximum absolute atomic E-state index is 11.9. The largest absolute Gasteiger partial charge is 0.353 e. The van der Waals surface area contributed by atoms with Crippen LogP contribution in [0, 0.1) is 0 Å². The van der Waals surface area contributed by atoms with Crippen molar-refractivity contribution in [3.63, 3.8) is 0 Å². The Morgan fingerprint density at radius 3 is 2.50 bits per heavy atom. The number of carbonyl (C=O) groups is 1. The summed E-state index contributed by atoms with van der Waals surface area (Å²) in [6.07, 6.45) is 0.952. The van der Waals surface area contributed by atoms with E-state index in [-0.39, 0.29) is 11.9 Å².